The Morgan fingerprint density at radius 3 is 2.67 bits per heavy atom. The standard InChI is InChI=1S/C21H24N10O6S2/c22-20(23)30-5-8(6-30)4-29-2-1-9(16(29)33)3-10-7-38-18-12(17(34)31(18)13(10)19(35)36)25-15(32)11(27-37)14-26-21(24)39-28-14/h3,8,12,18,37H,1-2,4-7H2,(H3,22,23)(H,25,32)(H,35,36)(H2,24,26,28)/b9-3+,27-11-. The van der Waals surface area contributed by atoms with Gasteiger partial charge in [0.25, 0.3) is 11.8 Å². The van der Waals surface area contributed by atoms with Crippen LogP contribution in [0.2, 0.25) is 0 Å². The molecular weight excluding hydrogens is 552 g/mol. The maximum atomic E-state index is 13.0. The van der Waals surface area contributed by atoms with Crippen molar-refractivity contribution in [2.24, 2.45) is 16.8 Å². The maximum Gasteiger partial charge on any atom is 0.352 e. The number of aliphatic carboxylic acids is 1. The molecule has 5 heterocycles. The summed E-state index contributed by atoms with van der Waals surface area (Å²) in [6.07, 6.45) is 1.99. The Balaban J connectivity index is 1.27. The summed E-state index contributed by atoms with van der Waals surface area (Å²) in [6.45, 7) is 2.24. The van der Waals surface area contributed by atoms with Crippen LogP contribution in [0.5, 0.6) is 0 Å². The highest BCUT2D eigenvalue weighted by molar-refractivity contribution is 8.00. The molecule has 5 rings (SSSR count). The van der Waals surface area contributed by atoms with E-state index in [2.05, 4.69) is 19.8 Å². The molecule has 0 aliphatic carbocycles. The summed E-state index contributed by atoms with van der Waals surface area (Å²) >= 11 is 2.03. The molecule has 0 spiro atoms. The molecule has 206 valence electrons. The Bertz CT molecular complexity index is 1370. The van der Waals surface area contributed by atoms with E-state index in [1.165, 1.54) is 11.8 Å². The first kappa shape index (κ1) is 26.4. The van der Waals surface area contributed by atoms with Crippen LogP contribution in [0.15, 0.2) is 28.1 Å². The summed E-state index contributed by atoms with van der Waals surface area (Å²) in [5.74, 6) is -2.89. The number of anilines is 1. The predicted octanol–water partition coefficient (Wildman–Crippen LogP) is -1.98. The van der Waals surface area contributed by atoms with Gasteiger partial charge in [-0.05, 0) is 18.1 Å². The third kappa shape index (κ3) is 4.76. The summed E-state index contributed by atoms with van der Waals surface area (Å²) in [7, 11) is 0. The molecule has 3 fully saturated rings. The molecule has 1 aromatic heterocycles. The lowest BCUT2D eigenvalue weighted by molar-refractivity contribution is -0.150. The number of nitrogens with zero attached hydrogens (tertiary/aromatic N) is 6. The number of guanidine groups is 1. The number of allylic oxidation sites excluding steroid dienone is 1. The number of carbonyl (C=O) groups is 4. The summed E-state index contributed by atoms with van der Waals surface area (Å²) in [4.78, 5) is 59.1. The number of nitrogens with two attached hydrogens (primary N) is 2. The third-order valence-corrected chi connectivity index (χ3v) is 8.64. The topological polar surface area (TPSA) is 245 Å². The molecular formula is C21H24N10O6S2. The van der Waals surface area contributed by atoms with Crippen molar-refractivity contribution < 1.29 is 29.5 Å². The van der Waals surface area contributed by atoms with Gasteiger partial charge in [0, 0.05) is 55.0 Å². The largest absolute Gasteiger partial charge is 0.477 e. The van der Waals surface area contributed by atoms with E-state index in [0.717, 1.165) is 16.4 Å². The molecule has 0 bridgehead atoms. The number of nitrogen functional groups attached to an aromatic ring is 1. The molecule has 18 heteroatoms. The van der Waals surface area contributed by atoms with Crippen LogP contribution in [0.1, 0.15) is 12.2 Å². The summed E-state index contributed by atoms with van der Waals surface area (Å²) in [6, 6.07) is -1.07. The first-order valence-corrected chi connectivity index (χ1v) is 13.5. The van der Waals surface area contributed by atoms with E-state index in [1.54, 1.807) is 15.9 Å². The number of aromatic nitrogens is 2. The van der Waals surface area contributed by atoms with E-state index in [9.17, 15) is 29.5 Å². The number of nitrogens with one attached hydrogen (secondary N) is 2. The fourth-order valence-corrected chi connectivity index (χ4v) is 6.61. The molecule has 3 amide bonds. The number of carboxylic acids is 1. The van der Waals surface area contributed by atoms with Crippen molar-refractivity contribution in [2.45, 2.75) is 17.8 Å². The molecule has 0 aromatic carbocycles. The van der Waals surface area contributed by atoms with Gasteiger partial charge in [0.2, 0.25) is 17.4 Å². The summed E-state index contributed by atoms with van der Waals surface area (Å²) in [5, 5.41) is 31.3. The van der Waals surface area contributed by atoms with Crippen molar-refractivity contribution in [1.82, 2.24) is 29.4 Å². The van der Waals surface area contributed by atoms with Crippen molar-refractivity contribution in [1.29, 1.82) is 5.41 Å². The zero-order chi connectivity index (χ0) is 28.0. The second-order valence-corrected chi connectivity index (χ2v) is 11.2. The lowest BCUT2D eigenvalue weighted by atomic mass is 10.00. The van der Waals surface area contributed by atoms with Crippen molar-refractivity contribution >= 4 is 63.8 Å². The monoisotopic (exact) mass is 576 g/mol. The first-order valence-electron chi connectivity index (χ1n) is 11.7. The minimum Gasteiger partial charge on any atom is -0.477 e. The minimum absolute atomic E-state index is 0.00630. The second-order valence-electron chi connectivity index (χ2n) is 9.27. The van der Waals surface area contributed by atoms with E-state index < -0.39 is 34.9 Å². The molecule has 16 nitrogen and oxygen atoms in total. The predicted molar refractivity (Wildman–Crippen MR) is 139 cm³/mol. The van der Waals surface area contributed by atoms with Crippen LogP contribution in [0, 0.1) is 11.3 Å². The van der Waals surface area contributed by atoms with E-state index in [0.29, 0.717) is 43.7 Å². The number of fused-ring (bicyclic) bond motifs is 1. The molecule has 3 saturated heterocycles. The van der Waals surface area contributed by atoms with E-state index in [4.69, 9.17) is 16.9 Å². The average Bonchev–Trinajstić information content (AvgIpc) is 3.44. The molecule has 0 radical (unpaired) electrons. The molecule has 4 aliphatic rings. The fourth-order valence-electron chi connectivity index (χ4n) is 4.87. The van der Waals surface area contributed by atoms with Gasteiger partial charge in [0.05, 0.1) is 0 Å². The smallest absolute Gasteiger partial charge is 0.352 e. The average molecular weight is 577 g/mol. The number of hydrogen-bond donors (Lipinski definition) is 6. The molecule has 8 N–H and O–H groups in total. The van der Waals surface area contributed by atoms with Crippen LogP contribution in [-0.2, 0) is 19.2 Å². The number of amides is 3. The van der Waals surface area contributed by atoms with Gasteiger partial charge >= 0.3 is 5.97 Å². The lowest BCUT2D eigenvalue weighted by Gasteiger charge is -2.49. The van der Waals surface area contributed by atoms with Crippen LogP contribution in [0.25, 0.3) is 0 Å². The number of carboxylic acid groups (broad SMARTS) is 1. The van der Waals surface area contributed by atoms with Crippen molar-refractivity contribution in [3.63, 3.8) is 0 Å². The zero-order valence-corrected chi connectivity index (χ0v) is 21.9. The van der Waals surface area contributed by atoms with Gasteiger partial charge in [0.1, 0.15) is 17.1 Å². The second kappa shape index (κ2) is 10.2. The zero-order valence-electron chi connectivity index (χ0n) is 20.2. The normalized spacial score (nSPS) is 24.6. The maximum absolute atomic E-state index is 13.0. The van der Waals surface area contributed by atoms with E-state index >= 15 is 0 Å². The Hall–Kier alpha value is -4.19. The molecule has 39 heavy (non-hydrogen) atoms. The van der Waals surface area contributed by atoms with Crippen LogP contribution >= 0.6 is 23.3 Å². The fraction of sp³-hybridized carbons (Fsp3) is 0.429. The first-order chi connectivity index (χ1) is 18.6. The van der Waals surface area contributed by atoms with Gasteiger partial charge in [-0.15, -0.1) is 11.8 Å². The number of β-lactam (4-membered cyclic amide) rings is 1. The van der Waals surface area contributed by atoms with Gasteiger partial charge in [0.15, 0.2) is 11.1 Å². The number of carbonyl (C=O) groups excluding carboxylic acids is 3. The Morgan fingerprint density at radius 1 is 1.31 bits per heavy atom. The van der Waals surface area contributed by atoms with Gasteiger partial charge in [-0.2, -0.15) is 9.36 Å². The van der Waals surface area contributed by atoms with Gasteiger partial charge < -0.3 is 36.9 Å². The lowest BCUT2D eigenvalue weighted by Crippen LogP contribution is -2.71. The van der Waals surface area contributed by atoms with Gasteiger partial charge in [-0.1, -0.05) is 5.16 Å². The highest BCUT2D eigenvalue weighted by Crippen LogP contribution is 2.41. The van der Waals surface area contributed by atoms with E-state index in [-0.39, 0.29) is 40.2 Å². The number of thioether (sulfide) groups is 1. The number of oxime groups is 1. The number of rotatable bonds is 7. The highest BCUT2D eigenvalue weighted by atomic mass is 32.2. The third-order valence-electron chi connectivity index (χ3n) is 6.79. The summed E-state index contributed by atoms with van der Waals surface area (Å²) in [5.41, 5.74) is 11.0. The molecule has 2 atom stereocenters. The highest BCUT2D eigenvalue weighted by Gasteiger charge is 2.54. The number of hydrogen-bond acceptors (Lipinski definition) is 12. The molecule has 2 unspecified atom stereocenters. The Labute approximate surface area is 229 Å². The quantitative estimate of drug-likeness (QED) is 0.0516. The van der Waals surface area contributed by atoms with Crippen molar-refractivity contribution in [2.75, 3.05) is 37.7 Å². The SMILES string of the molecule is N=C(N)N1CC(CN2CC/C(=C\C3=C(C(=O)O)N4C(=O)C(NC(=O)/C(=N\O)c5nsc(N)n5)C4SC3)C2=O)C1. The van der Waals surface area contributed by atoms with Crippen molar-refractivity contribution in [3.05, 3.63) is 28.7 Å². The number of likely N-dealkylation sites (tertiary alicyclic amines) is 2. The van der Waals surface area contributed by atoms with E-state index in [1.807, 2.05) is 0 Å². The summed E-state index contributed by atoms with van der Waals surface area (Å²) < 4.78 is 3.81. The van der Waals surface area contributed by atoms with Crippen LogP contribution in [-0.4, -0.2) is 113 Å². The molecule has 4 aliphatic heterocycles. The molecule has 0 saturated carbocycles. The Morgan fingerprint density at radius 2 is 2.05 bits per heavy atom. The van der Waals surface area contributed by atoms with Gasteiger partial charge in [-0.25, -0.2) is 4.79 Å². The van der Waals surface area contributed by atoms with Crippen molar-refractivity contribution in [3.8, 4) is 0 Å². The Kier molecular flexibility index (Phi) is 6.89. The van der Waals surface area contributed by atoms with Crippen LogP contribution in [0.3, 0.4) is 0 Å². The minimum atomic E-state index is -1.33. The van der Waals surface area contributed by atoms with Crippen LogP contribution in [0.4, 0.5) is 5.13 Å². The molecule has 1 aromatic rings. The van der Waals surface area contributed by atoms with Gasteiger partial charge in [-0.3, -0.25) is 24.7 Å². The van der Waals surface area contributed by atoms with Crippen LogP contribution < -0.4 is 16.8 Å².